The van der Waals surface area contributed by atoms with Crippen molar-refractivity contribution in [1.82, 2.24) is 20.2 Å². The number of aliphatic carboxylic acids is 5. The Morgan fingerprint density at radius 3 is 1.08 bits per heavy atom. The van der Waals surface area contributed by atoms with E-state index in [0.717, 1.165) is 5.69 Å². The van der Waals surface area contributed by atoms with Crippen LogP contribution in [0.5, 0.6) is 0 Å². The number of imidazole rings is 1. The molecule has 53 heavy (non-hydrogen) atoms. The van der Waals surface area contributed by atoms with Crippen LogP contribution in [0.15, 0.2) is 12.5 Å². The Morgan fingerprint density at radius 1 is 0.698 bits per heavy atom. The molecule has 1 aromatic heterocycles. The lowest BCUT2D eigenvalue weighted by Gasteiger charge is -2.07. The van der Waals surface area contributed by atoms with Gasteiger partial charge in [0.2, 0.25) is 0 Å². The molecule has 24 nitrogen and oxygen atoms in total. The average molecular weight is 783 g/mol. The van der Waals surface area contributed by atoms with Gasteiger partial charge >= 0.3 is 29.8 Å². The number of aliphatic hydroxyl groups is 6. The monoisotopic (exact) mass is 782 g/mol. The number of carboxylic acid groups (broad SMARTS) is 5. The Kier molecular flexibility index (Phi) is 51.4. The zero-order valence-electron chi connectivity index (χ0n) is 31.8. The molecule has 0 aromatic carbocycles. The first-order valence-electron chi connectivity index (χ1n) is 15.3. The summed E-state index contributed by atoms with van der Waals surface area (Å²) in [4.78, 5) is 58.1. The first kappa shape index (κ1) is 64.1. The summed E-state index contributed by atoms with van der Waals surface area (Å²) in [5.74, 6) is -5.15. The first-order chi connectivity index (χ1) is 24.0. The lowest BCUT2D eigenvalue weighted by molar-refractivity contribution is -0.141. The normalized spacial score (nSPS) is 13.9. The lowest BCUT2D eigenvalue weighted by Crippen LogP contribution is -2.39. The van der Waals surface area contributed by atoms with Crippen molar-refractivity contribution in [2.24, 2.45) is 22.9 Å². The second-order valence-corrected chi connectivity index (χ2v) is 10.7. The predicted molar refractivity (Wildman–Crippen MR) is 192 cm³/mol. The highest BCUT2D eigenvalue weighted by Crippen LogP contribution is 1.97. The number of carbonyl (C=O) groups is 5. The van der Waals surface area contributed by atoms with Crippen LogP contribution in [0.1, 0.15) is 40.3 Å². The molecule has 24 heteroatoms. The third-order valence-electron chi connectivity index (χ3n) is 4.37. The van der Waals surface area contributed by atoms with Crippen molar-refractivity contribution in [3.05, 3.63) is 18.2 Å². The highest BCUT2D eigenvalue weighted by molar-refractivity contribution is 5.74. The average Bonchev–Trinajstić information content (AvgIpc) is 3.57. The molecule has 0 aliphatic carbocycles. The van der Waals surface area contributed by atoms with Gasteiger partial charge in [0.25, 0.3) is 0 Å². The van der Waals surface area contributed by atoms with E-state index in [-0.39, 0.29) is 19.8 Å². The van der Waals surface area contributed by atoms with Gasteiger partial charge in [0.15, 0.2) is 0 Å². The van der Waals surface area contributed by atoms with E-state index in [2.05, 4.69) is 15.3 Å². The van der Waals surface area contributed by atoms with Crippen LogP contribution in [-0.4, -0.2) is 197 Å². The summed E-state index contributed by atoms with van der Waals surface area (Å²) < 4.78 is 0. The SMILES string of the molecule is CC(O)CO.CN(C)C.CN[C@@H](Cc1c[nH]cn1)C(=O)O.C[C@@H](O)[C@H](N)C(=O)O.C[C@@H](O)[C@H](N)C(=O)O.C[C@H](N)C(=O)O.C[C@H](N)C(=O)O.OCCO. The molecule has 0 saturated heterocycles. The molecule has 0 saturated carbocycles. The summed E-state index contributed by atoms with van der Waals surface area (Å²) in [5.41, 5.74) is 20.2. The van der Waals surface area contributed by atoms with Crippen LogP contribution < -0.4 is 28.3 Å². The zero-order chi connectivity index (χ0) is 44.0. The summed E-state index contributed by atoms with van der Waals surface area (Å²) in [6.45, 7) is 6.64. The fourth-order valence-corrected chi connectivity index (χ4v) is 1.34. The number of aliphatic hydroxyl groups excluding tert-OH is 6. The number of hydrogen-bond acceptors (Lipinski definition) is 18. The van der Waals surface area contributed by atoms with Crippen LogP contribution in [0.25, 0.3) is 0 Å². The number of aromatic amines is 1. The molecule has 0 spiro atoms. The number of hydrogen-bond donors (Lipinski definition) is 17. The number of carboxylic acids is 5. The van der Waals surface area contributed by atoms with E-state index >= 15 is 0 Å². The van der Waals surface area contributed by atoms with Crippen LogP contribution in [0, 0.1) is 0 Å². The fourth-order valence-electron chi connectivity index (χ4n) is 1.34. The van der Waals surface area contributed by atoms with Gasteiger partial charge in [0.05, 0.1) is 50.2 Å². The largest absolute Gasteiger partial charge is 0.480 e. The maximum Gasteiger partial charge on any atom is 0.323 e. The zero-order valence-corrected chi connectivity index (χ0v) is 31.8. The van der Waals surface area contributed by atoms with Crippen molar-refractivity contribution < 1.29 is 80.1 Å². The molecule has 0 aliphatic heterocycles. The maximum atomic E-state index is 10.6. The molecule has 8 atom stereocenters. The van der Waals surface area contributed by atoms with Gasteiger partial charge in [-0.2, -0.15) is 0 Å². The van der Waals surface area contributed by atoms with Gasteiger partial charge in [-0.15, -0.1) is 0 Å². The molecule has 21 N–H and O–H groups in total. The van der Waals surface area contributed by atoms with Crippen LogP contribution >= 0.6 is 0 Å². The van der Waals surface area contributed by atoms with E-state index in [1.165, 1.54) is 40.9 Å². The van der Waals surface area contributed by atoms with Gasteiger partial charge in [-0.1, -0.05) is 0 Å². The van der Waals surface area contributed by atoms with Gasteiger partial charge in [-0.05, 0) is 62.8 Å². The van der Waals surface area contributed by atoms with E-state index in [1.807, 2.05) is 26.0 Å². The molecule has 0 bridgehead atoms. The molecular weight excluding hydrogens is 716 g/mol. The summed E-state index contributed by atoms with van der Waals surface area (Å²) in [7, 11) is 7.62. The molecule has 318 valence electrons. The third-order valence-corrected chi connectivity index (χ3v) is 4.37. The van der Waals surface area contributed by atoms with Crippen molar-refractivity contribution in [3.8, 4) is 0 Å². The predicted octanol–water partition coefficient (Wildman–Crippen LogP) is -5.47. The van der Waals surface area contributed by atoms with Crippen LogP contribution in [0.3, 0.4) is 0 Å². The van der Waals surface area contributed by atoms with Gasteiger partial charge < -0.3 is 94.3 Å². The van der Waals surface area contributed by atoms with Crippen molar-refractivity contribution in [1.29, 1.82) is 0 Å². The van der Waals surface area contributed by atoms with Crippen LogP contribution in [0.4, 0.5) is 0 Å². The molecule has 0 fully saturated rings. The summed E-state index contributed by atoms with van der Waals surface area (Å²) in [5, 5.41) is 91.4. The Balaban J connectivity index is -0.0000000941. The molecule has 1 aromatic rings. The molecule has 1 rings (SSSR count). The van der Waals surface area contributed by atoms with E-state index in [1.54, 1.807) is 13.2 Å². The van der Waals surface area contributed by atoms with Crippen molar-refractivity contribution in [3.63, 3.8) is 0 Å². The minimum Gasteiger partial charge on any atom is -0.480 e. The van der Waals surface area contributed by atoms with Crippen LogP contribution in [-0.2, 0) is 30.4 Å². The van der Waals surface area contributed by atoms with Crippen molar-refractivity contribution in [2.75, 3.05) is 48.0 Å². The van der Waals surface area contributed by atoms with Crippen LogP contribution in [0.2, 0.25) is 0 Å². The smallest absolute Gasteiger partial charge is 0.323 e. The van der Waals surface area contributed by atoms with E-state index in [9.17, 15) is 24.0 Å². The standard InChI is InChI=1S/C7H11N3O2.2C4H9NO3.2C3H7NO2.C3H9N.C3H8O2.C2H6O2/c1-8-6(7(11)12)2-5-3-9-4-10-5;2*1-2(6)3(5)4(7)8;2*1-2(4)3(5)6;1-4(2)3;1-3(5)2-4;3-1-2-4/h3-4,6,8H,2H2,1H3,(H,9,10)(H,11,12);2*2-3,6H,5H2,1H3,(H,7,8);2*2H,4H2,1H3,(H,5,6);1-3H3;3-5H,2H2,1H3;3-4H,1-2H2/t6-;2*2-,3+;2*2-;;;/m01100.../s1. The van der Waals surface area contributed by atoms with Gasteiger partial charge in [-0.25, -0.2) is 4.98 Å². The molecule has 1 unspecified atom stereocenters. The number of rotatable bonds is 12. The highest BCUT2D eigenvalue weighted by atomic mass is 16.4. The number of H-pyrrole nitrogens is 1. The Bertz CT molecular complexity index is 953. The van der Waals surface area contributed by atoms with E-state index in [0.29, 0.717) is 6.42 Å². The summed E-state index contributed by atoms with van der Waals surface area (Å²) in [6, 6.07) is -4.34. The van der Waals surface area contributed by atoms with Gasteiger partial charge in [0, 0.05) is 12.6 Å². The molecule has 1 heterocycles. The van der Waals surface area contributed by atoms with E-state index < -0.39 is 78.4 Å². The summed E-state index contributed by atoms with van der Waals surface area (Å²) >= 11 is 0. The first-order valence-corrected chi connectivity index (χ1v) is 15.3. The number of aromatic nitrogens is 2. The number of nitrogens with two attached hydrogens (primary N) is 4. The minimum absolute atomic E-state index is 0.125. The Labute approximate surface area is 309 Å². The quantitative estimate of drug-likeness (QED) is 0.0940. The molecule has 0 amide bonds. The Morgan fingerprint density at radius 2 is 0.981 bits per heavy atom. The molecule has 0 radical (unpaired) electrons. The second kappa shape index (κ2) is 42.5. The molecular formula is C29H66N8O16. The Hall–Kier alpha value is -3.92. The fraction of sp³-hybridized carbons (Fsp3) is 0.724. The van der Waals surface area contributed by atoms with Gasteiger partial charge in [0.1, 0.15) is 30.2 Å². The number of nitrogens with one attached hydrogen (secondary N) is 2. The second-order valence-electron chi connectivity index (χ2n) is 10.7. The summed E-state index contributed by atoms with van der Waals surface area (Å²) in [6.07, 6.45) is 1.10. The van der Waals surface area contributed by atoms with Crippen molar-refractivity contribution >= 4 is 29.8 Å². The van der Waals surface area contributed by atoms with Crippen molar-refractivity contribution in [2.45, 2.75) is 89.6 Å². The maximum absolute atomic E-state index is 10.6. The number of likely N-dealkylation sites (N-methyl/N-ethyl adjacent to an activating group) is 1. The minimum atomic E-state index is -1.18. The van der Waals surface area contributed by atoms with E-state index in [4.69, 9.17) is 79.1 Å². The van der Waals surface area contributed by atoms with Gasteiger partial charge in [-0.3, -0.25) is 24.0 Å². The molecule has 0 aliphatic rings. The number of nitrogens with zero attached hydrogens (tertiary/aromatic N) is 2. The topological polar surface area (TPSA) is 456 Å². The third kappa shape index (κ3) is 63.6. The lowest BCUT2D eigenvalue weighted by atomic mass is 10.2. The highest BCUT2D eigenvalue weighted by Gasteiger charge is 2.17.